The topological polar surface area (TPSA) is 102 Å². The molecular weight excluding hydrogens is 376 g/mol. The molecule has 1 fully saturated rings. The van der Waals surface area contributed by atoms with Crippen molar-refractivity contribution in [2.75, 3.05) is 37.7 Å². The predicted octanol–water partition coefficient (Wildman–Crippen LogP) is 2.57. The lowest BCUT2D eigenvalue weighted by molar-refractivity contribution is 0.0526. The number of furan rings is 2. The molecule has 152 valence electrons. The summed E-state index contributed by atoms with van der Waals surface area (Å²) in [7, 11) is 0. The van der Waals surface area contributed by atoms with E-state index in [2.05, 4.69) is 9.97 Å². The van der Waals surface area contributed by atoms with Crippen molar-refractivity contribution in [3.8, 4) is 0 Å². The minimum atomic E-state index is -0.455. The van der Waals surface area contributed by atoms with Gasteiger partial charge in [0.05, 0.1) is 18.3 Å². The van der Waals surface area contributed by atoms with Crippen molar-refractivity contribution in [2.24, 2.45) is 0 Å². The summed E-state index contributed by atoms with van der Waals surface area (Å²) < 4.78 is 16.1. The fraction of sp³-hybridized carbons (Fsp3) is 0.400. The van der Waals surface area contributed by atoms with Crippen LogP contribution in [0, 0.1) is 13.8 Å². The van der Waals surface area contributed by atoms with Gasteiger partial charge in [-0.2, -0.15) is 4.98 Å². The number of rotatable bonds is 4. The van der Waals surface area contributed by atoms with Crippen molar-refractivity contribution in [3.63, 3.8) is 0 Å². The van der Waals surface area contributed by atoms with Crippen LogP contribution < -0.4 is 4.90 Å². The molecule has 1 saturated heterocycles. The van der Waals surface area contributed by atoms with Crippen molar-refractivity contribution < 1.29 is 23.2 Å². The molecule has 29 heavy (non-hydrogen) atoms. The van der Waals surface area contributed by atoms with Crippen molar-refractivity contribution in [1.29, 1.82) is 0 Å². The van der Waals surface area contributed by atoms with E-state index in [0.717, 1.165) is 0 Å². The van der Waals surface area contributed by atoms with E-state index in [1.165, 1.54) is 6.26 Å². The van der Waals surface area contributed by atoms with Crippen LogP contribution in [0.2, 0.25) is 0 Å². The molecule has 0 atom stereocenters. The summed E-state index contributed by atoms with van der Waals surface area (Å²) >= 11 is 0. The molecule has 1 amide bonds. The summed E-state index contributed by atoms with van der Waals surface area (Å²) in [6, 6.07) is 3.36. The van der Waals surface area contributed by atoms with Gasteiger partial charge in [0.2, 0.25) is 5.71 Å². The molecule has 0 spiro atoms. The fourth-order valence-electron chi connectivity index (χ4n) is 3.55. The third-order valence-corrected chi connectivity index (χ3v) is 4.90. The Balaban J connectivity index is 1.64. The molecule has 0 unspecified atom stereocenters. The van der Waals surface area contributed by atoms with E-state index in [-0.39, 0.29) is 12.5 Å². The van der Waals surface area contributed by atoms with E-state index in [1.807, 2.05) is 4.90 Å². The first-order chi connectivity index (χ1) is 14.0. The molecular formula is C20H22N4O5. The van der Waals surface area contributed by atoms with Crippen LogP contribution in [0.3, 0.4) is 0 Å². The van der Waals surface area contributed by atoms with Crippen LogP contribution in [-0.2, 0) is 4.74 Å². The van der Waals surface area contributed by atoms with E-state index in [9.17, 15) is 9.59 Å². The molecule has 0 radical (unpaired) electrons. The second-order valence-corrected chi connectivity index (χ2v) is 6.78. The van der Waals surface area contributed by atoms with Gasteiger partial charge in [0.25, 0.3) is 5.91 Å². The number of hydrogen-bond donors (Lipinski definition) is 0. The average Bonchev–Trinajstić information content (AvgIpc) is 3.34. The highest BCUT2D eigenvalue weighted by Gasteiger charge is 2.30. The number of anilines is 1. The maximum atomic E-state index is 12.5. The standard InChI is InChI=1S/C20H22N4O5/c1-4-27-20(26)15-12(2)29-18-16(15)17(21-13(3)22-18)23-7-9-24(10-8-23)19(25)14-6-5-11-28-14/h5-6,11H,4,7-10H2,1-3H3. The molecule has 4 rings (SSSR count). The molecule has 3 aromatic heterocycles. The molecule has 0 bridgehead atoms. The van der Waals surface area contributed by atoms with E-state index in [1.54, 1.807) is 37.8 Å². The van der Waals surface area contributed by atoms with Gasteiger partial charge in [-0.15, -0.1) is 0 Å². The number of nitrogens with zero attached hydrogens (tertiary/aromatic N) is 4. The molecule has 9 heteroatoms. The Morgan fingerprint density at radius 2 is 1.93 bits per heavy atom. The number of amides is 1. The lowest BCUT2D eigenvalue weighted by atomic mass is 10.1. The van der Waals surface area contributed by atoms with Gasteiger partial charge in [-0.3, -0.25) is 4.79 Å². The number of piperazine rings is 1. The van der Waals surface area contributed by atoms with Gasteiger partial charge in [0.15, 0.2) is 5.76 Å². The van der Waals surface area contributed by atoms with Crippen LogP contribution in [0.15, 0.2) is 27.2 Å². The second kappa shape index (κ2) is 7.57. The second-order valence-electron chi connectivity index (χ2n) is 6.78. The zero-order valence-electron chi connectivity index (χ0n) is 16.6. The lowest BCUT2D eigenvalue weighted by Gasteiger charge is -2.35. The van der Waals surface area contributed by atoms with Crippen molar-refractivity contribution in [2.45, 2.75) is 20.8 Å². The maximum Gasteiger partial charge on any atom is 0.342 e. The predicted molar refractivity (Wildman–Crippen MR) is 104 cm³/mol. The number of aromatic nitrogens is 2. The number of hydrogen-bond acceptors (Lipinski definition) is 8. The van der Waals surface area contributed by atoms with Gasteiger partial charge in [0, 0.05) is 26.2 Å². The highest BCUT2D eigenvalue weighted by atomic mass is 16.5. The van der Waals surface area contributed by atoms with Crippen molar-refractivity contribution >= 4 is 28.8 Å². The van der Waals surface area contributed by atoms with Crippen LogP contribution >= 0.6 is 0 Å². The SMILES string of the molecule is CCOC(=O)c1c(C)oc2nc(C)nc(N3CCN(C(=O)c4ccco4)CC3)c12. The number of esters is 1. The lowest BCUT2D eigenvalue weighted by Crippen LogP contribution is -2.49. The third-order valence-electron chi connectivity index (χ3n) is 4.90. The summed E-state index contributed by atoms with van der Waals surface area (Å²) in [5.74, 6) is 1.36. The molecule has 3 aromatic rings. The summed E-state index contributed by atoms with van der Waals surface area (Å²) in [5, 5.41) is 0.553. The Labute approximate surface area is 167 Å². The molecule has 0 N–H and O–H groups in total. The Bertz CT molecular complexity index is 1050. The number of carbonyl (C=O) groups is 2. The summed E-state index contributed by atoms with van der Waals surface area (Å²) in [6.07, 6.45) is 1.49. The monoisotopic (exact) mass is 398 g/mol. The van der Waals surface area contributed by atoms with Crippen molar-refractivity contribution in [3.05, 3.63) is 41.3 Å². The Morgan fingerprint density at radius 3 is 2.59 bits per heavy atom. The Kier molecular flexibility index (Phi) is 4.96. The fourth-order valence-corrected chi connectivity index (χ4v) is 3.55. The number of fused-ring (bicyclic) bond motifs is 1. The minimum Gasteiger partial charge on any atom is -0.462 e. The van der Waals surface area contributed by atoms with E-state index in [4.69, 9.17) is 13.6 Å². The molecule has 1 aliphatic heterocycles. The number of ether oxygens (including phenoxy) is 1. The van der Waals surface area contributed by atoms with Crippen LogP contribution in [0.4, 0.5) is 5.82 Å². The molecule has 0 aromatic carbocycles. The van der Waals surface area contributed by atoms with Gasteiger partial charge in [-0.05, 0) is 32.9 Å². The zero-order valence-corrected chi connectivity index (χ0v) is 16.6. The van der Waals surface area contributed by atoms with Gasteiger partial charge in [-0.1, -0.05) is 0 Å². The first-order valence-corrected chi connectivity index (χ1v) is 9.52. The molecule has 0 saturated carbocycles. The highest BCUT2D eigenvalue weighted by molar-refractivity contribution is 6.08. The minimum absolute atomic E-state index is 0.134. The van der Waals surface area contributed by atoms with Gasteiger partial charge in [-0.25, -0.2) is 9.78 Å². The summed E-state index contributed by atoms with van der Waals surface area (Å²) in [6.45, 7) is 7.65. The summed E-state index contributed by atoms with van der Waals surface area (Å²) in [5.41, 5.74) is 0.716. The number of carbonyl (C=O) groups excluding carboxylic acids is 2. The summed E-state index contributed by atoms with van der Waals surface area (Å²) in [4.78, 5) is 37.7. The quantitative estimate of drug-likeness (QED) is 0.618. The van der Waals surface area contributed by atoms with Gasteiger partial charge < -0.3 is 23.4 Å². The van der Waals surface area contributed by atoms with E-state index >= 15 is 0 Å². The Hall–Kier alpha value is -3.36. The Morgan fingerprint density at radius 1 is 1.17 bits per heavy atom. The molecule has 0 aliphatic carbocycles. The average molecular weight is 398 g/mol. The van der Waals surface area contributed by atoms with Crippen LogP contribution in [0.25, 0.3) is 11.1 Å². The van der Waals surface area contributed by atoms with Crippen LogP contribution in [-0.4, -0.2) is 59.5 Å². The maximum absolute atomic E-state index is 12.5. The normalized spacial score (nSPS) is 14.4. The third kappa shape index (κ3) is 3.43. The van der Waals surface area contributed by atoms with E-state index in [0.29, 0.717) is 66.0 Å². The van der Waals surface area contributed by atoms with Crippen LogP contribution in [0.5, 0.6) is 0 Å². The van der Waals surface area contributed by atoms with Crippen LogP contribution in [0.1, 0.15) is 39.4 Å². The zero-order chi connectivity index (χ0) is 20.5. The van der Waals surface area contributed by atoms with Gasteiger partial charge >= 0.3 is 5.97 Å². The molecule has 9 nitrogen and oxygen atoms in total. The number of aryl methyl sites for hydroxylation is 2. The largest absolute Gasteiger partial charge is 0.462 e. The highest BCUT2D eigenvalue weighted by Crippen LogP contribution is 2.33. The van der Waals surface area contributed by atoms with Crippen molar-refractivity contribution in [1.82, 2.24) is 14.9 Å². The van der Waals surface area contributed by atoms with Gasteiger partial charge in [0.1, 0.15) is 23.0 Å². The smallest absolute Gasteiger partial charge is 0.342 e. The first kappa shape index (κ1) is 19.0. The molecule has 4 heterocycles. The first-order valence-electron chi connectivity index (χ1n) is 9.52. The molecule has 1 aliphatic rings. The van der Waals surface area contributed by atoms with E-state index < -0.39 is 5.97 Å².